The summed E-state index contributed by atoms with van der Waals surface area (Å²) in [6.07, 6.45) is -1.05. The predicted octanol–water partition coefficient (Wildman–Crippen LogP) is 2.92. The lowest BCUT2D eigenvalue weighted by molar-refractivity contribution is -0.141. The Balaban J connectivity index is 2.28. The van der Waals surface area contributed by atoms with Crippen molar-refractivity contribution >= 4 is 11.4 Å². The van der Waals surface area contributed by atoms with Crippen LogP contribution < -0.4 is 10.6 Å². The monoisotopic (exact) mass is 259 g/mol. The van der Waals surface area contributed by atoms with Crippen molar-refractivity contribution in [1.82, 2.24) is 4.98 Å². The maximum Gasteiger partial charge on any atom is 0.433 e. The first-order valence-corrected chi connectivity index (χ1v) is 5.99. The average molecular weight is 259 g/mol. The zero-order valence-corrected chi connectivity index (χ0v) is 10.2. The summed E-state index contributed by atoms with van der Waals surface area (Å²) in [6.45, 7) is 3.32. The van der Waals surface area contributed by atoms with Crippen LogP contribution in [0.15, 0.2) is 12.3 Å². The molecule has 100 valence electrons. The molecule has 0 radical (unpaired) electrons. The smallest absolute Gasteiger partial charge is 0.396 e. The highest BCUT2D eigenvalue weighted by molar-refractivity contribution is 5.67. The summed E-state index contributed by atoms with van der Waals surface area (Å²) in [5.41, 5.74) is 5.58. The molecule has 1 aliphatic carbocycles. The van der Waals surface area contributed by atoms with E-state index < -0.39 is 11.9 Å². The molecule has 1 aromatic rings. The van der Waals surface area contributed by atoms with Crippen molar-refractivity contribution in [1.29, 1.82) is 0 Å². The van der Waals surface area contributed by atoms with E-state index in [2.05, 4.69) is 4.98 Å². The quantitative estimate of drug-likeness (QED) is 0.904. The Bertz CT molecular complexity index is 427. The lowest BCUT2D eigenvalue weighted by atomic mass is 10.2. The fraction of sp³-hybridized carbons (Fsp3) is 0.583. The molecule has 0 amide bonds. The van der Waals surface area contributed by atoms with Gasteiger partial charge in [-0.25, -0.2) is 4.98 Å². The Morgan fingerprint density at radius 3 is 2.61 bits per heavy atom. The molecule has 0 atom stereocenters. The number of aromatic nitrogens is 1. The second-order valence-electron chi connectivity index (χ2n) is 4.61. The molecular formula is C12H16F3N3. The third kappa shape index (κ3) is 2.86. The molecule has 2 rings (SSSR count). The first-order valence-electron chi connectivity index (χ1n) is 5.99. The Kier molecular flexibility index (Phi) is 3.36. The summed E-state index contributed by atoms with van der Waals surface area (Å²) in [7, 11) is 0. The summed E-state index contributed by atoms with van der Waals surface area (Å²) in [4.78, 5) is 5.24. The molecule has 0 aromatic carbocycles. The third-order valence-electron chi connectivity index (χ3n) is 3.10. The highest BCUT2D eigenvalue weighted by Gasteiger charge is 2.34. The molecule has 1 aliphatic rings. The van der Waals surface area contributed by atoms with Gasteiger partial charge in [-0.3, -0.25) is 0 Å². The zero-order chi connectivity index (χ0) is 13.3. The van der Waals surface area contributed by atoms with Crippen LogP contribution in [0.4, 0.5) is 24.5 Å². The van der Waals surface area contributed by atoms with Crippen molar-refractivity contribution in [3.05, 3.63) is 18.0 Å². The maximum atomic E-state index is 12.6. The van der Waals surface area contributed by atoms with Gasteiger partial charge in [-0.05, 0) is 31.7 Å². The van der Waals surface area contributed by atoms with Crippen LogP contribution in [0.5, 0.6) is 0 Å². The number of nitrogen functional groups attached to an aromatic ring is 1. The molecule has 3 nitrogen and oxygen atoms in total. The molecule has 0 unspecified atom stereocenters. The van der Waals surface area contributed by atoms with Gasteiger partial charge in [0.05, 0.1) is 17.6 Å². The first kappa shape index (κ1) is 13.0. The molecule has 0 saturated heterocycles. The minimum Gasteiger partial charge on any atom is -0.396 e. The standard InChI is InChI=1S/C12H16F3N3/c1-2-18(7-8-3-4-8)10-5-11(12(13,14)15)17-6-9(10)16/h5-6,8H,2-4,7,16H2,1H3. The van der Waals surface area contributed by atoms with Gasteiger partial charge < -0.3 is 10.6 Å². The van der Waals surface area contributed by atoms with E-state index in [1.807, 2.05) is 11.8 Å². The fourth-order valence-electron chi connectivity index (χ4n) is 1.89. The van der Waals surface area contributed by atoms with Crippen molar-refractivity contribution in [2.45, 2.75) is 25.9 Å². The normalized spacial score (nSPS) is 15.8. The number of hydrogen-bond donors (Lipinski definition) is 1. The topological polar surface area (TPSA) is 42.2 Å². The molecular weight excluding hydrogens is 243 g/mol. The van der Waals surface area contributed by atoms with Gasteiger partial charge in [0.1, 0.15) is 5.69 Å². The molecule has 0 spiro atoms. The van der Waals surface area contributed by atoms with E-state index in [1.54, 1.807) is 0 Å². The minimum absolute atomic E-state index is 0.297. The van der Waals surface area contributed by atoms with Crippen molar-refractivity contribution < 1.29 is 13.2 Å². The van der Waals surface area contributed by atoms with Gasteiger partial charge >= 0.3 is 6.18 Å². The van der Waals surface area contributed by atoms with Crippen LogP contribution in [0.25, 0.3) is 0 Å². The summed E-state index contributed by atoms with van der Waals surface area (Å²) >= 11 is 0. The van der Waals surface area contributed by atoms with Crippen molar-refractivity contribution in [2.24, 2.45) is 5.92 Å². The van der Waals surface area contributed by atoms with Crippen molar-refractivity contribution in [3.8, 4) is 0 Å². The Labute approximate surface area is 104 Å². The average Bonchev–Trinajstić information content (AvgIpc) is 3.09. The SMILES string of the molecule is CCN(CC1CC1)c1cc(C(F)(F)F)ncc1N. The van der Waals surface area contributed by atoms with Crippen LogP contribution in [-0.2, 0) is 6.18 Å². The molecule has 1 heterocycles. The largest absolute Gasteiger partial charge is 0.433 e. The lowest BCUT2D eigenvalue weighted by Crippen LogP contribution is -2.26. The van der Waals surface area contributed by atoms with Crippen LogP contribution >= 0.6 is 0 Å². The van der Waals surface area contributed by atoms with E-state index in [0.717, 1.165) is 31.6 Å². The number of alkyl halides is 3. The Morgan fingerprint density at radius 2 is 2.11 bits per heavy atom. The third-order valence-corrected chi connectivity index (χ3v) is 3.10. The second-order valence-corrected chi connectivity index (χ2v) is 4.61. The molecule has 6 heteroatoms. The van der Waals surface area contributed by atoms with Gasteiger partial charge in [-0.1, -0.05) is 0 Å². The molecule has 0 bridgehead atoms. The van der Waals surface area contributed by atoms with Gasteiger partial charge in [-0.15, -0.1) is 0 Å². The fourth-order valence-corrected chi connectivity index (χ4v) is 1.89. The minimum atomic E-state index is -4.43. The molecule has 1 saturated carbocycles. The zero-order valence-electron chi connectivity index (χ0n) is 10.2. The van der Waals surface area contributed by atoms with E-state index in [-0.39, 0.29) is 0 Å². The van der Waals surface area contributed by atoms with Crippen LogP contribution in [0.1, 0.15) is 25.5 Å². The van der Waals surface area contributed by atoms with Gasteiger partial charge in [-0.2, -0.15) is 13.2 Å². The van der Waals surface area contributed by atoms with E-state index in [1.165, 1.54) is 0 Å². The van der Waals surface area contributed by atoms with E-state index in [9.17, 15) is 13.2 Å². The Morgan fingerprint density at radius 1 is 1.44 bits per heavy atom. The van der Waals surface area contributed by atoms with E-state index in [4.69, 9.17) is 5.73 Å². The summed E-state index contributed by atoms with van der Waals surface area (Å²) < 4.78 is 37.9. The second kappa shape index (κ2) is 4.66. The van der Waals surface area contributed by atoms with Crippen LogP contribution in [-0.4, -0.2) is 18.1 Å². The number of rotatable bonds is 4. The Hall–Kier alpha value is -1.46. The maximum absolute atomic E-state index is 12.6. The van der Waals surface area contributed by atoms with E-state index >= 15 is 0 Å². The van der Waals surface area contributed by atoms with Crippen molar-refractivity contribution in [3.63, 3.8) is 0 Å². The number of halogens is 3. The highest BCUT2D eigenvalue weighted by Crippen LogP contribution is 2.35. The number of nitrogens with zero attached hydrogens (tertiary/aromatic N) is 2. The van der Waals surface area contributed by atoms with Gasteiger partial charge in [0.25, 0.3) is 0 Å². The predicted molar refractivity (Wildman–Crippen MR) is 64.3 cm³/mol. The van der Waals surface area contributed by atoms with Crippen molar-refractivity contribution in [2.75, 3.05) is 23.7 Å². The van der Waals surface area contributed by atoms with Gasteiger partial charge in [0.15, 0.2) is 0 Å². The molecule has 1 fully saturated rings. The summed E-state index contributed by atoms with van der Waals surface area (Å²) in [5.74, 6) is 0.590. The number of pyridine rings is 1. The molecule has 18 heavy (non-hydrogen) atoms. The molecule has 2 N–H and O–H groups in total. The molecule has 0 aliphatic heterocycles. The number of anilines is 2. The number of hydrogen-bond acceptors (Lipinski definition) is 3. The van der Waals surface area contributed by atoms with Gasteiger partial charge in [0.2, 0.25) is 0 Å². The summed E-state index contributed by atoms with van der Waals surface area (Å²) in [6, 6.07) is 1.04. The number of nitrogens with two attached hydrogens (primary N) is 1. The van der Waals surface area contributed by atoms with Crippen LogP contribution in [0.2, 0.25) is 0 Å². The highest BCUT2D eigenvalue weighted by atomic mass is 19.4. The lowest BCUT2D eigenvalue weighted by Gasteiger charge is -2.25. The molecule has 1 aromatic heterocycles. The van der Waals surface area contributed by atoms with Crippen LogP contribution in [0.3, 0.4) is 0 Å². The van der Waals surface area contributed by atoms with E-state index in [0.29, 0.717) is 23.8 Å². The van der Waals surface area contributed by atoms with Crippen LogP contribution in [0, 0.1) is 5.92 Å². The first-order chi connectivity index (χ1) is 8.41. The van der Waals surface area contributed by atoms with Gasteiger partial charge in [0, 0.05) is 13.1 Å². The summed E-state index contributed by atoms with van der Waals surface area (Å²) in [5, 5.41) is 0.